The standard InChI is InChI=1S/C12H15ClN2O2/c13-11-5-15-12(17-10-6-16-7-10)3-8(11)4-14-9-1-2-9/h3,5,9-10,14H,1-2,4,6-7H2. The van der Waals surface area contributed by atoms with Crippen LogP contribution >= 0.6 is 11.6 Å². The molecule has 1 saturated carbocycles. The van der Waals surface area contributed by atoms with Crippen LogP contribution in [0.5, 0.6) is 5.88 Å². The lowest BCUT2D eigenvalue weighted by atomic mass is 10.2. The molecule has 1 N–H and O–H groups in total. The smallest absolute Gasteiger partial charge is 0.214 e. The van der Waals surface area contributed by atoms with Crippen molar-refractivity contribution >= 4 is 11.6 Å². The molecule has 1 aromatic heterocycles. The fraction of sp³-hybridized carbons (Fsp3) is 0.583. The van der Waals surface area contributed by atoms with E-state index in [0.29, 0.717) is 30.2 Å². The first-order chi connectivity index (χ1) is 8.31. The summed E-state index contributed by atoms with van der Waals surface area (Å²) in [6.07, 6.45) is 4.34. The van der Waals surface area contributed by atoms with Crippen molar-refractivity contribution in [1.82, 2.24) is 10.3 Å². The van der Waals surface area contributed by atoms with Crippen molar-refractivity contribution in [3.8, 4) is 5.88 Å². The van der Waals surface area contributed by atoms with Crippen LogP contribution in [0.3, 0.4) is 0 Å². The summed E-state index contributed by atoms with van der Waals surface area (Å²) in [6, 6.07) is 2.58. The molecule has 1 aromatic rings. The lowest BCUT2D eigenvalue weighted by molar-refractivity contribution is -0.0813. The predicted octanol–water partition coefficient (Wildman–Crippen LogP) is 1.76. The number of hydrogen-bond donors (Lipinski definition) is 1. The van der Waals surface area contributed by atoms with Crippen molar-refractivity contribution in [3.05, 3.63) is 22.8 Å². The molecule has 0 aromatic carbocycles. The number of ether oxygens (including phenoxy) is 2. The van der Waals surface area contributed by atoms with Crippen LogP contribution in [0.2, 0.25) is 5.02 Å². The molecule has 2 aliphatic rings. The minimum absolute atomic E-state index is 0.146. The minimum atomic E-state index is 0.146. The number of nitrogens with zero attached hydrogens (tertiary/aromatic N) is 1. The van der Waals surface area contributed by atoms with Crippen LogP contribution in [0.1, 0.15) is 18.4 Å². The Hall–Kier alpha value is -0.840. The van der Waals surface area contributed by atoms with Crippen LogP contribution in [0.4, 0.5) is 0 Å². The Labute approximate surface area is 105 Å². The summed E-state index contributed by atoms with van der Waals surface area (Å²) in [6.45, 7) is 2.09. The SMILES string of the molecule is Clc1cnc(OC2COC2)cc1CNC1CC1. The summed E-state index contributed by atoms with van der Waals surface area (Å²) in [5, 5.41) is 4.12. The molecule has 1 aliphatic carbocycles. The molecule has 92 valence electrons. The van der Waals surface area contributed by atoms with E-state index < -0.39 is 0 Å². The average Bonchev–Trinajstić information content (AvgIpc) is 3.07. The summed E-state index contributed by atoms with van der Waals surface area (Å²) in [5.41, 5.74) is 1.05. The molecule has 2 heterocycles. The zero-order chi connectivity index (χ0) is 11.7. The molecule has 0 amide bonds. The van der Waals surface area contributed by atoms with Gasteiger partial charge in [0, 0.05) is 24.8 Å². The number of aromatic nitrogens is 1. The second kappa shape index (κ2) is 4.80. The number of hydrogen-bond acceptors (Lipinski definition) is 4. The molecule has 17 heavy (non-hydrogen) atoms. The Balaban J connectivity index is 1.64. The normalized spacial score (nSPS) is 20.1. The predicted molar refractivity (Wildman–Crippen MR) is 64.3 cm³/mol. The van der Waals surface area contributed by atoms with Crippen molar-refractivity contribution in [2.75, 3.05) is 13.2 Å². The molecule has 1 aliphatic heterocycles. The Bertz CT molecular complexity index is 405. The van der Waals surface area contributed by atoms with Crippen LogP contribution in [0.15, 0.2) is 12.3 Å². The second-order valence-electron chi connectivity index (χ2n) is 4.55. The van der Waals surface area contributed by atoms with Gasteiger partial charge in [-0.2, -0.15) is 0 Å². The van der Waals surface area contributed by atoms with Crippen LogP contribution in [-0.2, 0) is 11.3 Å². The summed E-state index contributed by atoms with van der Waals surface area (Å²) >= 11 is 6.10. The van der Waals surface area contributed by atoms with Gasteiger partial charge >= 0.3 is 0 Å². The highest BCUT2D eigenvalue weighted by Crippen LogP contribution is 2.24. The van der Waals surface area contributed by atoms with Crippen molar-refractivity contribution in [2.45, 2.75) is 31.5 Å². The lowest BCUT2D eigenvalue weighted by Crippen LogP contribution is -2.38. The van der Waals surface area contributed by atoms with Crippen molar-refractivity contribution < 1.29 is 9.47 Å². The molecule has 2 fully saturated rings. The Morgan fingerprint density at radius 1 is 1.47 bits per heavy atom. The zero-order valence-corrected chi connectivity index (χ0v) is 10.2. The maximum Gasteiger partial charge on any atom is 0.214 e. The third-order valence-electron chi connectivity index (χ3n) is 2.96. The van der Waals surface area contributed by atoms with Crippen LogP contribution in [0, 0.1) is 0 Å². The van der Waals surface area contributed by atoms with Gasteiger partial charge in [0.15, 0.2) is 0 Å². The zero-order valence-electron chi connectivity index (χ0n) is 9.49. The van der Waals surface area contributed by atoms with E-state index >= 15 is 0 Å². The topological polar surface area (TPSA) is 43.4 Å². The molecule has 4 nitrogen and oxygen atoms in total. The van der Waals surface area contributed by atoms with Gasteiger partial charge < -0.3 is 14.8 Å². The van der Waals surface area contributed by atoms with Crippen molar-refractivity contribution in [1.29, 1.82) is 0 Å². The van der Waals surface area contributed by atoms with Gasteiger partial charge in [0.05, 0.1) is 18.2 Å². The number of rotatable bonds is 5. The molecular formula is C12H15ClN2O2. The van der Waals surface area contributed by atoms with Gasteiger partial charge in [-0.25, -0.2) is 4.98 Å². The number of halogens is 1. The Morgan fingerprint density at radius 2 is 2.29 bits per heavy atom. The van der Waals surface area contributed by atoms with E-state index in [0.717, 1.165) is 12.1 Å². The van der Waals surface area contributed by atoms with Gasteiger partial charge in [-0.3, -0.25) is 0 Å². The molecule has 0 atom stereocenters. The van der Waals surface area contributed by atoms with Gasteiger partial charge in [0.2, 0.25) is 5.88 Å². The van der Waals surface area contributed by atoms with Gasteiger partial charge in [-0.1, -0.05) is 11.6 Å². The van der Waals surface area contributed by atoms with E-state index in [9.17, 15) is 0 Å². The van der Waals surface area contributed by atoms with Gasteiger partial charge in [-0.15, -0.1) is 0 Å². The van der Waals surface area contributed by atoms with E-state index in [1.165, 1.54) is 12.8 Å². The molecule has 1 saturated heterocycles. The molecule has 5 heteroatoms. The monoisotopic (exact) mass is 254 g/mol. The Kier molecular flexibility index (Phi) is 3.18. The molecule has 0 unspecified atom stereocenters. The third-order valence-corrected chi connectivity index (χ3v) is 3.30. The molecule has 0 bridgehead atoms. The summed E-state index contributed by atoms with van der Waals surface area (Å²) in [4.78, 5) is 4.17. The first-order valence-electron chi connectivity index (χ1n) is 5.93. The maximum atomic E-state index is 6.10. The lowest BCUT2D eigenvalue weighted by Gasteiger charge is -2.26. The van der Waals surface area contributed by atoms with Crippen LogP contribution < -0.4 is 10.1 Å². The first kappa shape index (κ1) is 11.3. The summed E-state index contributed by atoms with van der Waals surface area (Å²) in [7, 11) is 0. The fourth-order valence-corrected chi connectivity index (χ4v) is 1.82. The molecular weight excluding hydrogens is 240 g/mol. The summed E-state index contributed by atoms with van der Waals surface area (Å²) < 4.78 is 10.7. The van der Waals surface area contributed by atoms with E-state index in [1.807, 2.05) is 6.07 Å². The first-order valence-corrected chi connectivity index (χ1v) is 6.31. The Morgan fingerprint density at radius 3 is 2.94 bits per heavy atom. The van der Waals surface area contributed by atoms with Crippen LogP contribution in [-0.4, -0.2) is 30.3 Å². The molecule has 3 rings (SSSR count). The van der Waals surface area contributed by atoms with Crippen molar-refractivity contribution in [2.24, 2.45) is 0 Å². The minimum Gasteiger partial charge on any atom is -0.469 e. The van der Waals surface area contributed by atoms with Gasteiger partial charge in [0.1, 0.15) is 6.10 Å². The summed E-state index contributed by atoms with van der Waals surface area (Å²) in [5.74, 6) is 0.635. The number of nitrogens with one attached hydrogen (secondary N) is 1. The quantitative estimate of drug-likeness (QED) is 0.870. The van der Waals surface area contributed by atoms with Gasteiger partial charge in [-0.05, 0) is 18.4 Å². The van der Waals surface area contributed by atoms with Crippen molar-refractivity contribution in [3.63, 3.8) is 0 Å². The highest BCUT2D eigenvalue weighted by molar-refractivity contribution is 6.31. The molecule has 0 spiro atoms. The van der Waals surface area contributed by atoms with E-state index in [2.05, 4.69) is 10.3 Å². The average molecular weight is 255 g/mol. The largest absolute Gasteiger partial charge is 0.469 e. The van der Waals surface area contributed by atoms with E-state index in [-0.39, 0.29) is 6.10 Å². The van der Waals surface area contributed by atoms with Crippen LogP contribution in [0.25, 0.3) is 0 Å². The van der Waals surface area contributed by atoms with E-state index in [1.54, 1.807) is 6.20 Å². The van der Waals surface area contributed by atoms with Gasteiger partial charge in [0.25, 0.3) is 0 Å². The fourth-order valence-electron chi connectivity index (χ4n) is 1.65. The second-order valence-corrected chi connectivity index (χ2v) is 4.95. The highest BCUT2D eigenvalue weighted by atomic mass is 35.5. The van der Waals surface area contributed by atoms with E-state index in [4.69, 9.17) is 21.1 Å². The third kappa shape index (κ3) is 2.89. The number of pyridine rings is 1. The molecule has 0 radical (unpaired) electrons. The maximum absolute atomic E-state index is 6.10. The highest BCUT2D eigenvalue weighted by Gasteiger charge is 2.22.